The lowest BCUT2D eigenvalue weighted by Crippen LogP contribution is -1.97. The van der Waals surface area contributed by atoms with E-state index in [1.807, 2.05) is 0 Å². The van der Waals surface area contributed by atoms with Crippen LogP contribution < -0.4 is 0 Å². The van der Waals surface area contributed by atoms with Crippen molar-refractivity contribution in [3.05, 3.63) is 24.2 Å². The summed E-state index contributed by atoms with van der Waals surface area (Å²) in [5.74, 6) is 0.512. The zero-order chi connectivity index (χ0) is 6.69. The Morgan fingerprint density at radius 3 is 2.80 bits per heavy atom. The molecule has 1 heterocycles. The molecule has 1 rings (SSSR count). The molecule has 0 bridgehead atoms. The summed E-state index contributed by atoms with van der Waals surface area (Å²) in [7, 11) is 1.44. The lowest BCUT2D eigenvalue weighted by Gasteiger charge is -1.93. The minimum atomic E-state index is 0. The zero-order valence-electron chi connectivity index (χ0n) is 5.46. The van der Waals surface area contributed by atoms with Crippen molar-refractivity contribution in [2.24, 2.45) is 0 Å². The molecule has 0 aliphatic heterocycles. The van der Waals surface area contributed by atoms with Gasteiger partial charge in [0.2, 0.25) is 5.90 Å². The summed E-state index contributed by atoms with van der Waals surface area (Å²) in [5.41, 5.74) is 0. The van der Waals surface area contributed by atoms with Gasteiger partial charge in [0.1, 0.15) is 0 Å². The maximum Gasteiger partial charge on any atom is 0.249 e. The molecule has 0 fully saturated rings. The van der Waals surface area contributed by atoms with E-state index in [-0.39, 0.29) is 18.3 Å². The summed E-state index contributed by atoms with van der Waals surface area (Å²) in [6.45, 7) is 0. The maximum absolute atomic E-state index is 7.08. The van der Waals surface area contributed by atoms with E-state index in [0.717, 1.165) is 0 Å². The Morgan fingerprint density at radius 1 is 1.70 bits per heavy atom. The van der Waals surface area contributed by atoms with Crippen LogP contribution in [0.15, 0.2) is 22.8 Å². The zero-order valence-corrected chi connectivity index (χ0v) is 6.27. The van der Waals surface area contributed by atoms with E-state index in [1.54, 1.807) is 12.1 Å². The van der Waals surface area contributed by atoms with Gasteiger partial charge in [0, 0.05) is 0 Å². The molecule has 0 amide bonds. The number of nitrogens with one attached hydrogen (secondary N) is 1. The van der Waals surface area contributed by atoms with Crippen molar-refractivity contribution in [3.8, 4) is 0 Å². The molecule has 0 aliphatic rings. The molecule has 1 aromatic heterocycles. The molecule has 0 saturated heterocycles. The van der Waals surface area contributed by atoms with Gasteiger partial charge in [-0.3, -0.25) is 5.41 Å². The first-order chi connectivity index (χ1) is 4.34. The van der Waals surface area contributed by atoms with Crippen molar-refractivity contribution in [1.82, 2.24) is 0 Å². The SMILES string of the molecule is COC(=N)c1ccco1.Cl. The van der Waals surface area contributed by atoms with E-state index >= 15 is 0 Å². The Hall–Kier alpha value is -0.960. The predicted molar refractivity (Wildman–Crippen MR) is 39.8 cm³/mol. The summed E-state index contributed by atoms with van der Waals surface area (Å²) in [6.07, 6.45) is 1.50. The highest BCUT2D eigenvalue weighted by Crippen LogP contribution is 2.00. The van der Waals surface area contributed by atoms with Crippen LogP contribution >= 0.6 is 12.4 Å². The Balaban J connectivity index is 0.000000810. The van der Waals surface area contributed by atoms with E-state index in [0.29, 0.717) is 5.76 Å². The summed E-state index contributed by atoms with van der Waals surface area (Å²) >= 11 is 0. The van der Waals surface area contributed by atoms with Crippen LogP contribution in [0.3, 0.4) is 0 Å². The van der Waals surface area contributed by atoms with Crippen molar-refractivity contribution >= 4 is 18.3 Å². The normalized spacial score (nSPS) is 8.10. The molecule has 10 heavy (non-hydrogen) atoms. The van der Waals surface area contributed by atoms with Gasteiger partial charge in [-0.15, -0.1) is 12.4 Å². The monoisotopic (exact) mass is 161 g/mol. The first kappa shape index (κ1) is 9.04. The number of furan rings is 1. The van der Waals surface area contributed by atoms with Crippen LogP contribution in [-0.2, 0) is 4.74 Å². The topological polar surface area (TPSA) is 46.2 Å². The third-order valence-corrected chi connectivity index (χ3v) is 0.949. The fraction of sp³-hybridized carbons (Fsp3) is 0.167. The smallest absolute Gasteiger partial charge is 0.249 e. The van der Waals surface area contributed by atoms with Crippen LogP contribution in [0.2, 0.25) is 0 Å². The third-order valence-electron chi connectivity index (χ3n) is 0.949. The number of rotatable bonds is 1. The Morgan fingerprint density at radius 2 is 2.40 bits per heavy atom. The van der Waals surface area contributed by atoms with E-state index in [9.17, 15) is 0 Å². The van der Waals surface area contributed by atoms with Crippen molar-refractivity contribution in [2.45, 2.75) is 0 Å². The highest BCUT2D eigenvalue weighted by molar-refractivity contribution is 5.88. The molecule has 0 saturated carbocycles. The van der Waals surface area contributed by atoms with E-state index in [1.165, 1.54) is 13.4 Å². The van der Waals surface area contributed by atoms with Crippen molar-refractivity contribution in [3.63, 3.8) is 0 Å². The van der Waals surface area contributed by atoms with Gasteiger partial charge in [-0.25, -0.2) is 0 Å². The number of hydrogen-bond donors (Lipinski definition) is 1. The van der Waals surface area contributed by atoms with Gasteiger partial charge < -0.3 is 9.15 Å². The second kappa shape index (κ2) is 3.95. The molecule has 0 atom stereocenters. The van der Waals surface area contributed by atoms with Crippen molar-refractivity contribution < 1.29 is 9.15 Å². The summed E-state index contributed by atoms with van der Waals surface area (Å²) < 4.78 is 9.42. The highest BCUT2D eigenvalue weighted by Gasteiger charge is 2.00. The van der Waals surface area contributed by atoms with Gasteiger partial charge in [-0.2, -0.15) is 0 Å². The molecular weight excluding hydrogens is 154 g/mol. The number of hydrogen-bond acceptors (Lipinski definition) is 3. The molecule has 56 valence electrons. The van der Waals surface area contributed by atoms with Gasteiger partial charge in [-0.1, -0.05) is 0 Å². The van der Waals surface area contributed by atoms with Gasteiger partial charge in [-0.05, 0) is 12.1 Å². The van der Waals surface area contributed by atoms with Crippen molar-refractivity contribution in [2.75, 3.05) is 7.11 Å². The standard InChI is InChI=1S/C6H7NO2.ClH/c1-8-6(7)5-3-2-4-9-5;/h2-4,7H,1H3;1H. The molecule has 0 aliphatic carbocycles. The van der Waals surface area contributed by atoms with E-state index in [4.69, 9.17) is 9.83 Å². The molecule has 1 N–H and O–H groups in total. The maximum atomic E-state index is 7.08. The lowest BCUT2D eigenvalue weighted by atomic mass is 10.4. The minimum Gasteiger partial charge on any atom is -0.479 e. The lowest BCUT2D eigenvalue weighted by molar-refractivity contribution is 0.384. The van der Waals surface area contributed by atoms with E-state index in [2.05, 4.69) is 4.74 Å². The predicted octanol–water partition coefficient (Wildman–Crippen LogP) is 1.67. The fourth-order valence-electron chi connectivity index (χ4n) is 0.508. The highest BCUT2D eigenvalue weighted by atomic mass is 35.5. The molecule has 0 radical (unpaired) electrons. The molecular formula is C6H8ClNO2. The Kier molecular flexibility index (Phi) is 3.57. The van der Waals surface area contributed by atoms with Crippen LogP contribution in [0.5, 0.6) is 0 Å². The van der Waals surface area contributed by atoms with Crippen molar-refractivity contribution in [1.29, 1.82) is 5.41 Å². The van der Waals surface area contributed by atoms with Crippen LogP contribution in [0.25, 0.3) is 0 Å². The summed E-state index contributed by atoms with van der Waals surface area (Å²) in [5, 5.41) is 7.08. The minimum absolute atomic E-state index is 0. The Bertz CT molecular complexity index is 196. The summed E-state index contributed by atoms with van der Waals surface area (Å²) in [4.78, 5) is 0. The molecule has 0 unspecified atom stereocenters. The number of methoxy groups -OCH3 is 1. The van der Waals surface area contributed by atoms with Gasteiger partial charge >= 0.3 is 0 Å². The summed E-state index contributed by atoms with van der Waals surface area (Å²) in [6, 6.07) is 3.38. The average Bonchev–Trinajstić information content (AvgIpc) is 2.37. The fourth-order valence-corrected chi connectivity index (χ4v) is 0.508. The van der Waals surface area contributed by atoms with Gasteiger partial charge in [0.05, 0.1) is 13.4 Å². The van der Waals surface area contributed by atoms with Gasteiger partial charge in [0.25, 0.3) is 0 Å². The first-order valence-corrected chi connectivity index (χ1v) is 2.51. The largest absolute Gasteiger partial charge is 0.479 e. The third kappa shape index (κ3) is 1.77. The number of ether oxygens (including phenoxy) is 1. The molecule has 1 aromatic rings. The molecule has 3 nitrogen and oxygen atoms in total. The molecule has 0 aromatic carbocycles. The molecule has 0 spiro atoms. The van der Waals surface area contributed by atoms with Gasteiger partial charge in [0.15, 0.2) is 5.76 Å². The Labute approximate surface area is 64.9 Å². The van der Waals surface area contributed by atoms with E-state index < -0.39 is 0 Å². The van der Waals surface area contributed by atoms with Crippen LogP contribution in [0.4, 0.5) is 0 Å². The quantitative estimate of drug-likeness (QED) is 0.503. The van der Waals surface area contributed by atoms with Crippen LogP contribution in [0.1, 0.15) is 5.76 Å². The average molecular weight is 162 g/mol. The second-order valence-electron chi connectivity index (χ2n) is 1.51. The number of halogens is 1. The van der Waals surface area contributed by atoms with Crippen LogP contribution in [0, 0.1) is 5.41 Å². The molecule has 4 heteroatoms. The second-order valence-corrected chi connectivity index (χ2v) is 1.51. The van der Waals surface area contributed by atoms with Crippen LogP contribution in [-0.4, -0.2) is 13.0 Å². The first-order valence-electron chi connectivity index (χ1n) is 2.51.